The lowest BCUT2D eigenvalue weighted by molar-refractivity contribution is -0.167. The van der Waals surface area contributed by atoms with Gasteiger partial charge >= 0.3 is 5.97 Å². The van der Waals surface area contributed by atoms with Crippen molar-refractivity contribution in [1.29, 1.82) is 0 Å². The lowest BCUT2D eigenvalue weighted by atomic mass is 9.74. The number of esters is 1. The van der Waals surface area contributed by atoms with Crippen LogP contribution in [0.15, 0.2) is 48.6 Å². The van der Waals surface area contributed by atoms with E-state index in [0.717, 1.165) is 5.56 Å². The van der Waals surface area contributed by atoms with Crippen molar-refractivity contribution in [2.45, 2.75) is 47.6 Å². The summed E-state index contributed by atoms with van der Waals surface area (Å²) in [6.07, 6.45) is 6.03. The molecule has 0 unspecified atom stereocenters. The smallest absolute Gasteiger partial charge is 0.379 e. The topological polar surface area (TPSA) is 43.4 Å². The Labute approximate surface area is 145 Å². The second-order valence-corrected chi connectivity index (χ2v) is 8.01. The SMILES string of the molecule is CC(C)(C)C(OC(=O)C(=O)/C=C/C=C/c1ccccc1)C(C)(C)C. The van der Waals surface area contributed by atoms with Gasteiger partial charge < -0.3 is 4.74 Å². The number of ketones is 1. The first kappa shape index (κ1) is 19.9. The molecule has 1 rings (SSSR count). The van der Waals surface area contributed by atoms with Crippen LogP contribution in [-0.4, -0.2) is 17.9 Å². The molecule has 0 aliphatic heterocycles. The average molecular weight is 328 g/mol. The molecule has 130 valence electrons. The number of hydrogen-bond acceptors (Lipinski definition) is 3. The third-order valence-corrected chi connectivity index (χ3v) is 3.45. The van der Waals surface area contributed by atoms with Crippen LogP contribution in [0.1, 0.15) is 47.1 Å². The maximum absolute atomic E-state index is 12.1. The van der Waals surface area contributed by atoms with E-state index in [1.165, 1.54) is 6.08 Å². The van der Waals surface area contributed by atoms with Crippen LogP contribution in [0.25, 0.3) is 6.08 Å². The number of allylic oxidation sites excluding steroid dienone is 2. The van der Waals surface area contributed by atoms with Crippen LogP contribution in [0.5, 0.6) is 0 Å². The van der Waals surface area contributed by atoms with Gasteiger partial charge in [0.2, 0.25) is 0 Å². The quantitative estimate of drug-likeness (QED) is 0.336. The van der Waals surface area contributed by atoms with Crippen molar-refractivity contribution in [2.24, 2.45) is 10.8 Å². The summed E-state index contributed by atoms with van der Waals surface area (Å²) in [6.45, 7) is 12.0. The van der Waals surface area contributed by atoms with Crippen molar-refractivity contribution in [3.8, 4) is 0 Å². The van der Waals surface area contributed by atoms with E-state index in [-0.39, 0.29) is 16.9 Å². The molecule has 0 aliphatic carbocycles. The van der Waals surface area contributed by atoms with Crippen LogP contribution in [0.2, 0.25) is 0 Å². The number of carbonyl (C=O) groups excluding carboxylic acids is 2. The van der Waals surface area contributed by atoms with Gasteiger partial charge in [-0.1, -0.05) is 90.1 Å². The van der Waals surface area contributed by atoms with E-state index >= 15 is 0 Å². The van der Waals surface area contributed by atoms with Gasteiger partial charge in [-0.15, -0.1) is 0 Å². The van der Waals surface area contributed by atoms with Gasteiger partial charge in [-0.05, 0) is 22.5 Å². The summed E-state index contributed by atoms with van der Waals surface area (Å²) in [5.41, 5.74) is 0.536. The molecular weight excluding hydrogens is 300 g/mol. The molecule has 3 nitrogen and oxygen atoms in total. The van der Waals surface area contributed by atoms with Gasteiger partial charge in [0, 0.05) is 0 Å². The van der Waals surface area contributed by atoms with Crippen molar-refractivity contribution in [1.82, 2.24) is 0 Å². The van der Waals surface area contributed by atoms with Crippen LogP contribution in [-0.2, 0) is 14.3 Å². The maximum Gasteiger partial charge on any atom is 0.379 e. The van der Waals surface area contributed by atoms with Gasteiger partial charge in [-0.2, -0.15) is 0 Å². The predicted molar refractivity (Wildman–Crippen MR) is 98.4 cm³/mol. The van der Waals surface area contributed by atoms with Gasteiger partial charge in [0.1, 0.15) is 6.10 Å². The molecule has 0 saturated heterocycles. The molecule has 0 radical (unpaired) electrons. The highest BCUT2D eigenvalue weighted by atomic mass is 16.6. The Morgan fingerprint density at radius 3 is 1.96 bits per heavy atom. The van der Waals surface area contributed by atoms with E-state index in [1.54, 1.807) is 12.2 Å². The lowest BCUT2D eigenvalue weighted by Crippen LogP contribution is -2.43. The standard InChI is InChI=1S/C21H28O3/c1-20(2,3)19(21(4,5)6)24-18(23)17(22)15-11-10-14-16-12-8-7-9-13-16/h7-15,19H,1-6H3/b14-10+,15-11+. The van der Waals surface area contributed by atoms with Crippen LogP contribution in [0.3, 0.4) is 0 Å². The van der Waals surface area contributed by atoms with Crippen molar-refractivity contribution in [3.05, 3.63) is 54.1 Å². The minimum absolute atomic E-state index is 0.245. The first-order valence-electron chi connectivity index (χ1n) is 8.16. The monoisotopic (exact) mass is 328 g/mol. The molecule has 0 aliphatic rings. The third kappa shape index (κ3) is 6.53. The number of benzene rings is 1. The Kier molecular flexibility index (Phi) is 6.70. The van der Waals surface area contributed by atoms with E-state index in [1.807, 2.05) is 78.0 Å². The molecule has 0 heterocycles. The second-order valence-electron chi connectivity index (χ2n) is 8.01. The van der Waals surface area contributed by atoms with Gasteiger partial charge in [0.15, 0.2) is 0 Å². The van der Waals surface area contributed by atoms with E-state index in [0.29, 0.717) is 0 Å². The van der Waals surface area contributed by atoms with Crippen molar-refractivity contribution in [3.63, 3.8) is 0 Å². The summed E-state index contributed by atoms with van der Waals surface area (Å²) < 4.78 is 5.49. The Morgan fingerprint density at radius 2 is 1.46 bits per heavy atom. The highest BCUT2D eigenvalue weighted by molar-refractivity contribution is 6.38. The second kappa shape index (κ2) is 8.09. The summed E-state index contributed by atoms with van der Waals surface area (Å²) in [7, 11) is 0. The molecule has 0 N–H and O–H groups in total. The number of carbonyl (C=O) groups is 2. The fraction of sp³-hybridized carbons (Fsp3) is 0.429. The molecule has 0 fully saturated rings. The predicted octanol–water partition coefficient (Wildman–Crippen LogP) is 4.83. The first-order valence-corrected chi connectivity index (χ1v) is 8.16. The van der Waals surface area contributed by atoms with E-state index in [2.05, 4.69) is 0 Å². The molecule has 0 aromatic heterocycles. The Hall–Kier alpha value is -2.16. The summed E-state index contributed by atoms with van der Waals surface area (Å²) >= 11 is 0. The summed E-state index contributed by atoms with van der Waals surface area (Å²) in [6, 6.07) is 9.72. The minimum Gasteiger partial charge on any atom is -0.455 e. The number of ether oxygens (including phenoxy) is 1. The van der Waals surface area contributed by atoms with Crippen LogP contribution in [0, 0.1) is 10.8 Å². The van der Waals surface area contributed by atoms with Gasteiger partial charge in [0.05, 0.1) is 0 Å². The van der Waals surface area contributed by atoms with Crippen LogP contribution < -0.4 is 0 Å². The highest BCUT2D eigenvalue weighted by Crippen LogP contribution is 2.36. The fourth-order valence-electron chi connectivity index (χ4n) is 2.76. The fourth-order valence-corrected chi connectivity index (χ4v) is 2.76. The lowest BCUT2D eigenvalue weighted by Gasteiger charge is -2.39. The highest BCUT2D eigenvalue weighted by Gasteiger charge is 2.38. The summed E-state index contributed by atoms with van der Waals surface area (Å²) in [5, 5.41) is 0. The Balaban J connectivity index is 2.68. The molecule has 1 aromatic rings. The number of rotatable bonds is 5. The zero-order valence-electron chi connectivity index (χ0n) is 15.5. The first-order chi connectivity index (χ1) is 11.0. The Bertz CT molecular complexity index is 597. The maximum atomic E-state index is 12.1. The van der Waals surface area contributed by atoms with Crippen molar-refractivity contribution >= 4 is 17.8 Å². The molecule has 0 saturated carbocycles. The normalized spacial score (nSPS) is 13.0. The molecule has 0 spiro atoms. The molecular formula is C21H28O3. The average Bonchev–Trinajstić information content (AvgIpc) is 2.47. The molecule has 3 heteroatoms. The molecule has 0 bridgehead atoms. The van der Waals surface area contributed by atoms with Gasteiger partial charge in [-0.3, -0.25) is 4.79 Å². The van der Waals surface area contributed by atoms with Crippen molar-refractivity contribution < 1.29 is 14.3 Å². The van der Waals surface area contributed by atoms with E-state index in [9.17, 15) is 9.59 Å². The van der Waals surface area contributed by atoms with Gasteiger partial charge in [-0.25, -0.2) is 4.79 Å². The minimum atomic E-state index is -0.811. The molecule has 0 atom stereocenters. The van der Waals surface area contributed by atoms with Gasteiger partial charge in [0.25, 0.3) is 5.78 Å². The third-order valence-electron chi connectivity index (χ3n) is 3.45. The summed E-state index contributed by atoms with van der Waals surface area (Å²) in [5.74, 6) is -1.46. The van der Waals surface area contributed by atoms with E-state index in [4.69, 9.17) is 4.74 Å². The Morgan fingerprint density at radius 1 is 0.917 bits per heavy atom. The molecule has 1 aromatic carbocycles. The molecule has 24 heavy (non-hydrogen) atoms. The van der Waals surface area contributed by atoms with Crippen LogP contribution in [0.4, 0.5) is 0 Å². The zero-order valence-corrected chi connectivity index (χ0v) is 15.5. The van der Waals surface area contributed by atoms with Crippen molar-refractivity contribution in [2.75, 3.05) is 0 Å². The van der Waals surface area contributed by atoms with Crippen LogP contribution >= 0.6 is 0 Å². The van der Waals surface area contributed by atoms with E-state index < -0.39 is 11.8 Å². The molecule has 0 amide bonds. The zero-order chi connectivity index (χ0) is 18.4. The number of hydrogen-bond donors (Lipinski definition) is 0. The summed E-state index contributed by atoms with van der Waals surface area (Å²) in [4.78, 5) is 24.0. The largest absolute Gasteiger partial charge is 0.455 e.